The van der Waals surface area contributed by atoms with Crippen molar-refractivity contribution in [3.63, 3.8) is 0 Å². The SMILES string of the molecule is CC(C)NC(=O)c1ccnc(C(=O)N2CCCC2)c1. The van der Waals surface area contributed by atoms with Crippen molar-refractivity contribution in [3.05, 3.63) is 29.6 Å². The zero-order valence-electron chi connectivity index (χ0n) is 11.3. The van der Waals surface area contributed by atoms with Crippen LogP contribution in [0, 0.1) is 0 Å². The van der Waals surface area contributed by atoms with Gasteiger partial charge in [0.1, 0.15) is 5.69 Å². The lowest BCUT2D eigenvalue weighted by molar-refractivity contribution is 0.0787. The summed E-state index contributed by atoms with van der Waals surface area (Å²) in [6.45, 7) is 5.36. The number of pyridine rings is 1. The van der Waals surface area contributed by atoms with Crippen molar-refractivity contribution >= 4 is 11.8 Å². The fourth-order valence-corrected chi connectivity index (χ4v) is 2.12. The van der Waals surface area contributed by atoms with Gasteiger partial charge in [-0.25, -0.2) is 0 Å². The molecule has 2 heterocycles. The van der Waals surface area contributed by atoms with E-state index >= 15 is 0 Å². The van der Waals surface area contributed by atoms with E-state index in [0.717, 1.165) is 25.9 Å². The molecule has 1 aliphatic heterocycles. The molecular formula is C14H19N3O2. The number of amides is 2. The molecule has 2 amide bonds. The summed E-state index contributed by atoms with van der Waals surface area (Å²) in [5, 5.41) is 2.80. The van der Waals surface area contributed by atoms with Crippen molar-refractivity contribution in [2.24, 2.45) is 0 Å². The first-order chi connectivity index (χ1) is 9.08. The molecular weight excluding hydrogens is 242 g/mol. The fraction of sp³-hybridized carbons (Fsp3) is 0.500. The number of hydrogen-bond donors (Lipinski definition) is 1. The molecule has 0 saturated carbocycles. The van der Waals surface area contributed by atoms with Gasteiger partial charge >= 0.3 is 0 Å². The van der Waals surface area contributed by atoms with Crippen molar-refractivity contribution in [1.82, 2.24) is 15.2 Å². The maximum atomic E-state index is 12.2. The second-order valence-electron chi connectivity index (χ2n) is 5.06. The molecule has 5 heteroatoms. The van der Waals surface area contributed by atoms with Gasteiger partial charge < -0.3 is 10.2 Å². The van der Waals surface area contributed by atoms with Crippen LogP contribution in [0.1, 0.15) is 47.5 Å². The van der Waals surface area contributed by atoms with Gasteiger partial charge in [-0.1, -0.05) is 0 Å². The van der Waals surface area contributed by atoms with Gasteiger partial charge in [0.25, 0.3) is 11.8 Å². The van der Waals surface area contributed by atoms with Gasteiger partial charge in [0, 0.05) is 30.9 Å². The molecule has 0 atom stereocenters. The standard InChI is InChI=1S/C14H19N3O2/c1-10(2)16-13(18)11-5-6-15-12(9-11)14(19)17-7-3-4-8-17/h5-6,9-10H,3-4,7-8H2,1-2H3,(H,16,18). The Morgan fingerprint density at radius 2 is 2.00 bits per heavy atom. The van der Waals surface area contributed by atoms with Crippen molar-refractivity contribution < 1.29 is 9.59 Å². The first-order valence-electron chi connectivity index (χ1n) is 6.64. The van der Waals surface area contributed by atoms with Crippen LogP contribution < -0.4 is 5.32 Å². The van der Waals surface area contributed by atoms with Crippen LogP contribution in [0.5, 0.6) is 0 Å². The minimum Gasteiger partial charge on any atom is -0.350 e. The van der Waals surface area contributed by atoms with E-state index in [4.69, 9.17) is 0 Å². The Morgan fingerprint density at radius 1 is 1.32 bits per heavy atom. The summed E-state index contributed by atoms with van der Waals surface area (Å²) in [6.07, 6.45) is 3.59. The van der Waals surface area contributed by atoms with E-state index < -0.39 is 0 Å². The summed E-state index contributed by atoms with van der Waals surface area (Å²) in [5.74, 6) is -0.260. The maximum Gasteiger partial charge on any atom is 0.272 e. The highest BCUT2D eigenvalue weighted by atomic mass is 16.2. The lowest BCUT2D eigenvalue weighted by Crippen LogP contribution is -2.31. The molecule has 1 N–H and O–H groups in total. The highest BCUT2D eigenvalue weighted by Crippen LogP contribution is 2.12. The fourth-order valence-electron chi connectivity index (χ4n) is 2.12. The average Bonchev–Trinajstić information content (AvgIpc) is 2.91. The van der Waals surface area contributed by atoms with Gasteiger partial charge in [-0.2, -0.15) is 0 Å². The molecule has 0 bridgehead atoms. The molecule has 1 aromatic heterocycles. The van der Waals surface area contributed by atoms with Crippen LogP contribution in [0.15, 0.2) is 18.3 Å². The van der Waals surface area contributed by atoms with Crippen LogP contribution in [-0.2, 0) is 0 Å². The van der Waals surface area contributed by atoms with Gasteiger partial charge in [0.15, 0.2) is 0 Å². The zero-order chi connectivity index (χ0) is 13.8. The van der Waals surface area contributed by atoms with E-state index in [-0.39, 0.29) is 17.9 Å². The highest BCUT2D eigenvalue weighted by Gasteiger charge is 2.21. The quantitative estimate of drug-likeness (QED) is 0.896. The first kappa shape index (κ1) is 13.5. The Morgan fingerprint density at radius 3 is 2.63 bits per heavy atom. The van der Waals surface area contributed by atoms with Gasteiger partial charge in [0.2, 0.25) is 0 Å². The van der Waals surface area contributed by atoms with Crippen LogP contribution in [0.3, 0.4) is 0 Å². The highest BCUT2D eigenvalue weighted by molar-refractivity contribution is 5.98. The third-order valence-corrected chi connectivity index (χ3v) is 3.05. The smallest absolute Gasteiger partial charge is 0.272 e. The Labute approximate surface area is 113 Å². The van der Waals surface area contributed by atoms with Crippen LogP contribution in [0.4, 0.5) is 0 Å². The number of nitrogens with zero attached hydrogens (tertiary/aromatic N) is 2. The number of carbonyl (C=O) groups is 2. The zero-order valence-corrected chi connectivity index (χ0v) is 11.3. The Kier molecular flexibility index (Phi) is 4.14. The summed E-state index contributed by atoms with van der Waals surface area (Å²) < 4.78 is 0. The Hall–Kier alpha value is -1.91. The molecule has 1 aliphatic rings. The van der Waals surface area contributed by atoms with Crippen molar-refractivity contribution in [2.75, 3.05) is 13.1 Å². The molecule has 1 fully saturated rings. The lowest BCUT2D eigenvalue weighted by atomic mass is 10.2. The number of rotatable bonds is 3. The third kappa shape index (κ3) is 3.30. The maximum absolute atomic E-state index is 12.2. The molecule has 102 valence electrons. The topological polar surface area (TPSA) is 62.3 Å². The first-order valence-corrected chi connectivity index (χ1v) is 6.64. The summed E-state index contributed by atoms with van der Waals surface area (Å²) in [7, 11) is 0. The van der Waals surface area contributed by atoms with Gasteiger partial charge in [-0.05, 0) is 38.8 Å². The predicted octanol–water partition coefficient (Wildman–Crippen LogP) is 1.46. The van der Waals surface area contributed by atoms with Crippen LogP contribution in [0.25, 0.3) is 0 Å². The van der Waals surface area contributed by atoms with E-state index in [1.54, 1.807) is 17.0 Å². The van der Waals surface area contributed by atoms with E-state index in [1.807, 2.05) is 13.8 Å². The summed E-state index contributed by atoms with van der Waals surface area (Å²) in [4.78, 5) is 29.9. The number of hydrogen-bond acceptors (Lipinski definition) is 3. The number of nitrogens with one attached hydrogen (secondary N) is 1. The van der Waals surface area contributed by atoms with Gasteiger partial charge in [-0.3, -0.25) is 14.6 Å². The largest absolute Gasteiger partial charge is 0.350 e. The van der Waals surface area contributed by atoms with Gasteiger partial charge in [-0.15, -0.1) is 0 Å². The summed E-state index contributed by atoms with van der Waals surface area (Å²) in [6, 6.07) is 3.26. The van der Waals surface area contributed by atoms with Crippen LogP contribution in [0.2, 0.25) is 0 Å². The molecule has 5 nitrogen and oxygen atoms in total. The lowest BCUT2D eigenvalue weighted by Gasteiger charge is -2.15. The molecule has 2 rings (SSSR count). The van der Waals surface area contributed by atoms with Gasteiger partial charge in [0.05, 0.1) is 0 Å². The number of likely N-dealkylation sites (tertiary alicyclic amines) is 1. The normalized spacial score (nSPS) is 14.8. The number of aromatic nitrogens is 1. The van der Waals surface area contributed by atoms with E-state index in [2.05, 4.69) is 10.3 Å². The van der Waals surface area contributed by atoms with Crippen molar-refractivity contribution in [2.45, 2.75) is 32.7 Å². The molecule has 0 unspecified atom stereocenters. The minimum atomic E-state index is -0.173. The summed E-state index contributed by atoms with van der Waals surface area (Å²) in [5.41, 5.74) is 0.824. The second kappa shape index (κ2) is 5.82. The molecule has 19 heavy (non-hydrogen) atoms. The van der Waals surface area contributed by atoms with Crippen molar-refractivity contribution in [1.29, 1.82) is 0 Å². The molecule has 1 aromatic rings. The van der Waals surface area contributed by atoms with E-state index in [1.165, 1.54) is 6.20 Å². The Balaban J connectivity index is 2.14. The molecule has 0 aliphatic carbocycles. The van der Waals surface area contributed by atoms with E-state index in [0.29, 0.717) is 11.3 Å². The average molecular weight is 261 g/mol. The molecule has 0 aromatic carbocycles. The van der Waals surface area contributed by atoms with Crippen LogP contribution in [-0.4, -0.2) is 40.8 Å². The van der Waals surface area contributed by atoms with Crippen LogP contribution >= 0.6 is 0 Å². The molecule has 1 saturated heterocycles. The molecule has 0 radical (unpaired) electrons. The summed E-state index contributed by atoms with van der Waals surface area (Å²) >= 11 is 0. The number of carbonyl (C=O) groups excluding carboxylic acids is 2. The monoisotopic (exact) mass is 261 g/mol. The molecule has 0 spiro atoms. The minimum absolute atomic E-state index is 0.0680. The second-order valence-corrected chi connectivity index (χ2v) is 5.06. The predicted molar refractivity (Wildman–Crippen MR) is 72.0 cm³/mol. The van der Waals surface area contributed by atoms with Crippen molar-refractivity contribution in [3.8, 4) is 0 Å². The third-order valence-electron chi connectivity index (χ3n) is 3.05. The van der Waals surface area contributed by atoms with E-state index in [9.17, 15) is 9.59 Å². The Bertz CT molecular complexity index is 479.